The van der Waals surface area contributed by atoms with Crippen molar-refractivity contribution in [1.82, 2.24) is 20.1 Å². The summed E-state index contributed by atoms with van der Waals surface area (Å²) in [4.78, 5) is 4.15. The molecule has 1 N–H and O–H groups in total. The molecule has 0 saturated carbocycles. The Morgan fingerprint density at radius 2 is 2.28 bits per heavy atom. The number of rotatable bonds is 5. The van der Waals surface area contributed by atoms with Gasteiger partial charge in [-0.05, 0) is 25.1 Å². The van der Waals surface area contributed by atoms with Crippen LogP contribution in [0.15, 0.2) is 24.5 Å². The first-order chi connectivity index (χ1) is 8.72. The summed E-state index contributed by atoms with van der Waals surface area (Å²) in [6.07, 6.45) is 2.50. The smallest absolute Gasteiger partial charge is 0.146 e. The number of hydrogen-bond acceptors (Lipinski definition) is 3. The molecule has 1 aromatic heterocycles. The molecule has 1 aromatic carbocycles. The van der Waals surface area contributed by atoms with Crippen molar-refractivity contribution < 1.29 is 4.39 Å². The lowest BCUT2D eigenvalue weighted by Gasteiger charge is -2.07. The lowest BCUT2D eigenvalue weighted by Crippen LogP contribution is -2.17. The summed E-state index contributed by atoms with van der Waals surface area (Å²) in [5, 5.41) is 7.42. The molecule has 6 heteroatoms. The zero-order valence-electron chi connectivity index (χ0n) is 10.0. The summed E-state index contributed by atoms with van der Waals surface area (Å²) in [5.74, 6) is 0.280. The van der Waals surface area contributed by atoms with E-state index in [9.17, 15) is 4.39 Å². The van der Waals surface area contributed by atoms with Crippen LogP contribution in [-0.2, 0) is 6.54 Å². The molecule has 0 saturated heterocycles. The third kappa shape index (κ3) is 2.86. The number of nitrogens with zero attached hydrogens (tertiary/aromatic N) is 3. The van der Waals surface area contributed by atoms with Crippen LogP contribution in [0.4, 0.5) is 4.39 Å². The zero-order chi connectivity index (χ0) is 13.0. The fourth-order valence-electron chi connectivity index (χ4n) is 1.60. The van der Waals surface area contributed by atoms with Crippen molar-refractivity contribution in [2.45, 2.75) is 19.9 Å². The van der Waals surface area contributed by atoms with Gasteiger partial charge in [0.25, 0.3) is 0 Å². The van der Waals surface area contributed by atoms with Gasteiger partial charge in [-0.25, -0.2) is 14.1 Å². The minimum atomic E-state index is -0.461. The van der Waals surface area contributed by atoms with Crippen LogP contribution >= 0.6 is 11.6 Å². The minimum Gasteiger partial charge on any atom is -0.310 e. The van der Waals surface area contributed by atoms with Crippen molar-refractivity contribution in [1.29, 1.82) is 0 Å². The van der Waals surface area contributed by atoms with Gasteiger partial charge in [-0.2, -0.15) is 5.10 Å². The van der Waals surface area contributed by atoms with Crippen LogP contribution < -0.4 is 5.32 Å². The molecule has 0 aliphatic carbocycles. The minimum absolute atomic E-state index is 0.101. The number of halogens is 2. The lowest BCUT2D eigenvalue weighted by atomic mass is 10.3. The first kappa shape index (κ1) is 13.0. The van der Waals surface area contributed by atoms with Gasteiger partial charge in [-0.15, -0.1) is 0 Å². The Hall–Kier alpha value is -1.46. The molecule has 96 valence electrons. The van der Waals surface area contributed by atoms with Crippen molar-refractivity contribution in [2.75, 3.05) is 6.54 Å². The first-order valence-electron chi connectivity index (χ1n) is 5.77. The molecule has 0 bridgehead atoms. The van der Waals surface area contributed by atoms with E-state index in [-0.39, 0.29) is 5.02 Å². The monoisotopic (exact) mass is 268 g/mol. The van der Waals surface area contributed by atoms with Gasteiger partial charge in [0.05, 0.1) is 17.3 Å². The molecule has 2 rings (SSSR count). The van der Waals surface area contributed by atoms with Gasteiger partial charge < -0.3 is 5.32 Å². The predicted molar refractivity (Wildman–Crippen MR) is 68.3 cm³/mol. The van der Waals surface area contributed by atoms with Crippen LogP contribution in [0.1, 0.15) is 19.2 Å². The quantitative estimate of drug-likeness (QED) is 0.848. The molecule has 1 heterocycles. The molecule has 0 amide bonds. The average molecular weight is 269 g/mol. The van der Waals surface area contributed by atoms with Crippen molar-refractivity contribution in [3.63, 3.8) is 0 Å². The topological polar surface area (TPSA) is 42.7 Å². The van der Waals surface area contributed by atoms with E-state index < -0.39 is 5.82 Å². The van der Waals surface area contributed by atoms with E-state index in [0.717, 1.165) is 18.8 Å². The van der Waals surface area contributed by atoms with E-state index in [1.165, 1.54) is 18.5 Å². The maximum absolute atomic E-state index is 13.4. The van der Waals surface area contributed by atoms with Crippen molar-refractivity contribution in [2.24, 2.45) is 0 Å². The van der Waals surface area contributed by atoms with Crippen LogP contribution in [0.2, 0.25) is 5.02 Å². The fourth-order valence-corrected chi connectivity index (χ4v) is 1.71. The molecule has 0 atom stereocenters. The molecule has 0 aliphatic heterocycles. The van der Waals surface area contributed by atoms with Crippen LogP contribution in [0.5, 0.6) is 0 Å². The van der Waals surface area contributed by atoms with Crippen LogP contribution in [0.25, 0.3) is 5.69 Å². The number of aromatic nitrogens is 3. The van der Waals surface area contributed by atoms with Gasteiger partial charge in [-0.1, -0.05) is 18.5 Å². The Balaban J connectivity index is 2.22. The number of benzene rings is 1. The summed E-state index contributed by atoms with van der Waals surface area (Å²) in [6.45, 7) is 3.59. The second kappa shape index (κ2) is 5.93. The summed E-state index contributed by atoms with van der Waals surface area (Å²) in [6, 6.07) is 4.57. The SMILES string of the molecule is CCCNCc1ncnn1-c1ccc(Cl)c(F)c1. The molecule has 0 fully saturated rings. The molecular weight excluding hydrogens is 255 g/mol. The largest absolute Gasteiger partial charge is 0.310 e. The highest BCUT2D eigenvalue weighted by Gasteiger charge is 2.08. The van der Waals surface area contributed by atoms with E-state index in [0.29, 0.717) is 12.2 Å². The normalized spacial score (nSPS) is 10.8. The van der Waals surface area contributed by atoms with Gasteiger partial charge in [0.15, 0.2) is 0 Å². The average Bonchev–Trinajstić information content (AvgIpc) is 2.81. The van der Waals surface area contributed by atoms with Crippen molar-refractivity contribution >= 4 is 11.6 Å². The molecule has 18 heavy (non-hydrogen) atoms. The predicted octanol–water partition coefficient (Wildman–Crippen LogP) is 2.56. The zero-order valence-corrected chi connectivity index (χ0v) is 10.8. The highest BCUT2D eigenvalue weighted by molar-refractivity contribution is 6.30. The molecule has 0 radical (unpaired) electrons. The van der Waals surface area contributed by atoms with Gasteiger partial charge in [0, 0.05) is 6.07 Å². The Labute approximate surface area is 110 Å². The molecule has 0 spiro atoms. The Morgan fingerprint density at radius 3 is 3.00 bits per heavy atom. The molecule has 0 unspecified atom stereocenters. The van der Waals surface area contributed by atoms with E-state index >= 15 is 0 Å². The lowest BCUT2D eigenvalue weighted by molar-refractivity contribution is 0.617. The van der Waals surface area contributed by atoms with Gasteiger partial charge in [-0.3, -0.25) is 0 Å². The van der Waals surface area contributed by atoms with Gasteiger partial charge >= 0.3 is 0 Å². The number of nitrogens with one attached hydrogen (secondary N) is 1. The van der Waals surface area contributed by atoms with E-state index in [1.54, 1.807) is 10.7 Å². The van der Waals surface area contributed by atoms with Crippen LogP contribution in [0.3, 0.4) is 0 Å². The first-order valence-corrected chi connectivity index (χ1v) is 6.15. The van der Waals surface area contributed by atoms with Gasteiger partial charge in [0.2, 0.25) is 0 Å². The van der Waals surface area contributed by atoms with Crippen molar-refractivity contribution in [3.8, 4) is 5.69 Å². The van der Waals surface area contributed by atoms with Crippen LogP contribution in [0, 0.1) is 5.82 Å². The summed E-state index contributed by atoms with van der Waals surface area (Å²) in [5.41, 5.74) is 0.614. The fraction of sp³-hybridized carbons (Fsp3) is 0.333. The second-order valence-electron chi connectivity index (χ2n) is 3.86. The van der Waals surface area contributed by atoms with E-state index in [1.807, 2.05) is 0 Å². The summed E-state index contributed by atoms with van der Waals surface area (Å²) < 4.78 is 15.0. The van der Waals surface area contributed by atoms with E-state index in [4.69, 9.17) is 11.6 Å². The molecule has 2 aromatic rings. The Kier molecular flexibility index (Phi) is 4.28. The Morgan fingerprint density at radius 1 is 1.44 bits per heavy atom. The van der Waals surface area contributed by atoms with Gasteiger partial charge in [0.1, 0.15) is 18.0 Å². The second-order valence-corrected chi connectivity index (χ2v) is 4.27. The highest BCUT2D eigenvalue weighted by Crippen LogP contribution is 2.18. The third-order valence-corrected chi connectivity index (χ3v) is 2.78. The molecular formula is C12H14ClFN4. The van der Waals surface area contributed by atoms with Crippen molar-refractivity contribution in [3.05, 3.63) is 41.2 Å². The van der Waals surface area contributed by atoms with E-state index in [2.05, 4.69) is 22.3 Å². The maximum atomic E-state index is 13.4. The third-order valence-electron chi connectivity index (χ3n) is 2.48. The highest BCUT2D eigenvalue weighted by atomic mass is 35.5. The standard InChI is InChI=1S/C12H14ClFN4/c1-2-5-15-7-12-16-8-17-18(12)9-3-4-10(13)11(14)6-9/h3-4,6,8,15H,2,5,7H2,1H3. The molecule has 0 aliphatic rings. The van der Waals surface area contributed by atoms with Crippen LogP contribution in [-0.4, -0.2) is 21.3 Å². The maximum Gasteiger partial charge on any atom is 0.146 e. The molecule has 4 nitrogen and oxygen atoms in total. The summed E-state index contributed by atoms with van der Waals surface area (Å²) in [7, 11) is 0. The number of hydrogen-bond donors (Lipinski definition) is 1. The Bertz CT molecular complexity index is 527. The summed E-state index contributed by atoms with van der Waals surface area (Å²) >= 11 is 5.65.